The molecule has 6 heteroatoms. The SMILES string of the molecule is CCn1nc(C)c(N)c1C(=O)OCCC1CCCCN1C. The molecule has 1 aliphatic heterocycles. The number of nitrogens with two attached hydrogens (primary N) is 1. The highest BCUT2D eigenvalue weighted by Gasteiger charge is 2.22. The molecule has 2 heterocycles. The molecule has 1 aromatic rings. The Kier molecular flexibility index (Phi) is 5.22. The molecule has 0 radical (unpaired) electrons. The van der Waals surface area contributed by atoms with Crippen molar-refractivity contribution < 1.29 is 9.53 Å². The number of carbonyl (C=O) groups excluding carboxylic acids is 1. The van der Waals surface area contributed by atoms with E-state index < -0.39 is 0 Å². The third-order valence-electron chi connectivity index (χ3n) is 4.27. The van der Waals surface area contributed by atoms with Crippen LogP contribution >= 0.6 is 0 Å². The number of nitrogen functional groups attached to an aromatic ring is 1. The molecule has 0 aliphatic carbocycles. The average molecular weight is 294 g/mol. The van der Waals surface area contributed by atoms with Gasteiger partial charge in [-0.2, -0.15) is 5.10 Å². The summed E-state index contributed by atoms with van der Waals surface area (Å²) < 4.78 is 7.02. The van der Waals surface area contributed by atoms with Crippen LogP contribution in [0.3, 0.4) is 0 Å². The molecule has 1 unspecified atom stereocenters. The molecular formula is C15H26N4O2. The number of anilines is 1. The van der Waals surface area contributed by atoms with Crippen LogP contribution in [0.15, 0.2) is 0 Å². The molecule has 0 saturated carbocycles. The molecule has 1 fully saturated rings. The van der Waals surface area contributed by atoms with E-state index in [1.807, 2.05) is 6.92 Å². The van der Waals surface area contributed by atoms with E-state index in [2.05, 4.69) is 17.0 Å². The molecule has 0 amide bonds. The predicted octanol–water partition coefficient (Wildman–Crippen LogP) is 1.82. The van der Waals surface area contributed by atoms with Crippen LogP contribution in [-0.2, 0) is 11.3 Å². The number of hydrogen-bond acceptors (Lipinski definition) is 5. The van der Waals surface area contributed by atoms with Crippen molar-refractivity contribution in [2.24, 2.45) is 0 Å². The Balaban J connectivity index is 1.90. The zero-order chi connectivity index (χ0) is 15.4. The number of carbonyl (C=O) groups is 1. The summed E-state index contributed by atoms with van der Waals surface area (Å²) in [5, 5.41) is 4.24. The Hall–Kier alpha value is -1.56. The lowest BCUT2D eigenvalue weighted by Gasteiger charge is -2.32. The molecule has 118 valence electrons. The molecule has 21 heavy (non-hydrogen) atoms. The summed E-state index contributed by atoms with van der Waals surface area (Å²) in [7, 11) is 2.14. The van der Waals surface area contributed by atoms with Crippen molar-refractivity contribution in [3.8, 4) is 0 Å². The average Bonchev–Trinajstić information content (AvgIpc) is 2.76. The maximum Gasteiger partial charge on any atom is 0.358 e. The highest BCUT2D eigenvalue weighted by atomic mass is 16.5. The summed E-state index contributed by atoms with van der Waals surface area (Å²) in [6, 6.07) is 0.515. The zero-order valence-corrected chi connectivity index (χ0v) is 13.3. The van der Waals surface area contributed by atoms with Gasteiger partial charge in [0.1, 0.15) is 0 Å². The Morgan fingerprint density at radius 2 is 2.24 bits per heavy atom. The van der Waals surface area contributed by atoms with Gasteiger partial charge in [0.2, 0.25) is 0 Å². The fraction of sp³-hybridized carbons (Fsp3) is 0.733. The smallest absolute Gasteiger partial charge is 0.358 e. The number of nitrogens with zero attached hydrogens (tertiary/aromatic N) is 3. The lowest BCUT2D eigenvalue weighted by atomic mass is 10.0. The van der Waals surface area contributed by atoms with Gasteiger partial charge in [-0.25, -0.2) is 4.79 Å². The third-order valence-corrected chi connectivity index (χ3v) is 4.27. The minimum absolute atomic E-state index is 0.367. The van der Waals surface area contributed by atoms with Gasteiger partial charge >= 0.3 is 5.97 Å². The Labute approximate surface area is 126 Å². The van der Waals surface area contributed by atoms with Gasteiger partial charge in [-0.1, -0.05) is 6.42 Å². The maximum absolute atomic E-state index is 12.2. The first-order chi connectivity index (χ1) is 10.0. The molecule has 1 atom stereocenters. The van der Waals surface area contributed by atoms with Gasteiger partial charge in [-0.3, -0.25) is 4.68 Å². The minimum Gasteiger partial charge on any atom is -0.461 e. The summed E-state index contributed by atoms with van der Waals surface area (Å²) in [5.74, 6) is -0.367. The van der Waals surface area contributed by atoms with Crippen molar-refractivity contribution in [2.45, 2.75) is 52.1 Å². The maximum atomic E-state index is 12.2. The Bertz CT molecular complexity index is 498. The molecule has 6 nitrogen and oxygen atoms in total. The number of likely N-dealkylation sites (tertiary alicyclic amines) is 1. The number of piperidine rings is 1. The van der Waals surface area contributed by atoms with Crippen molar-refractivity contribution in [1.82, 2.24) is 14.7 Å². The number of aryl methyl sites for hydroxylation is 2. The molecule has 0 spiro atoms. The van der Waals surface area contributed by atoms with Gasteiger partial charge in [-0.05, 0) is 46.7 Å². The number of ether oxygens (including phenoxy) is 1. The largest absolute Gasteiger partial charge is 0.461 e. The molecule has 2 rings (SSSR count). The van der Waals surface area contributed by atoms with Crippen molar-refractivity contribution in [1.29, 1.82) is 0 Å². The third kappa shape index (κ3) is 3.56. The summed E-state index contributed by atoms with van der Waals surface area (Å²) in [5.41, 5.74) is 7.41. The summed E-state index contributed by atoms with van der Waals surface area (Å²) >= 11 is 0. The first-order valence-corrected chi connectivity index (χ1v) is 7.74. The topological polar surface area (TPSA) is 73.4 Å². The molecule has 1 aliphatic rings. The van der Waals surface area contributed by atoms with E-state index in [0.29, 0.717) is 36.3 Å². The second kappa shape index (κ2) is 6.93. The second-order valence-corrected chi connectivity index (χ2v) is 5.72. The zero-order valence-electron chi connectivity index (χ0n) is 13.3. The first-order valence-electron chi connectivity index (χ1n) is 7.74. The normalized spacial score (nSPS) is 19.7. The Morgan fingerprint density at radius 1 is 1.48 bits per heavy atom. The monoisotopic (exact) mass is 294 g/mol. The predicted molar refractivity (Wildman–Crippen MR) is 82.2 cm³/mol. The number of aromatic nitrogens is 2. The van der Waals surface area contributed by atoms with Crippen molar-refractivity contribution in [2.75, 3.05) is 25.9 Å². The van der Waals surface area contributed by atoms with E-state index in [-0.39, 0.29) is 5.97 Å². The van der Waals surface area contributed by atoms with Gasteiger partial charge in [-0.15, -0.1) is 0 Å². The standard InChI is InChI=1S/C15H26N4O2/c1-4-19-14(13(16)11(2)17-19)15(20)21-10-8-12-7-5-6-9-18(12)3/h12H,4-10,16H2,1-3H3. The van der Waals surface area contributed by atoms with Crippen LogP contribution in [0, 0.1) is 6.92 Å². The van der Waals surface area contributed by atoms with Crippen LogP contribution in [0.2, 0.25) is 0 Å². The molecule has 0 bridgehead atoms. The molecule has 2 N–H and O–H groups in total. The van der Waals surface area contributed by atoms with E-state index >= 15 is 0 Å². The lowest BCUT2D eigenvalue weighted by molar-refractivity contribution is 0.0437. The fourth-order valence-electron chi connectivity index (χ4n) is 2.90. The molecule has 1 saturated heterocycles. The quantitative estimate of drug-likeness (QED) is 0.839. The number of rotatable bonds is 5. The summed E-state index contributed by atoms with van der Waals surface area (Å²) in [6.07, 6.45) is 4.58. The molecule has 0 aromatic carbocycles. The second-order valence-electron chi connectivity index (χ2n) is 5.72. The van der Waals surface area contributed by atoms with Crippen molar-refractivity contribution in [3.63, 3.8) is 0 Å². The minimum atomic E-state index is -0.367. The van der Waals surface area contributed by atoms with Crippen LogP contribution in [0.25, 0.3) is 0 Å². The molecule has 1 aromatic heterocycles. The van der Waals surface area contributed by atoms with Crippen LogP contribution in [0.5, 0.6) is 0 Å². The van der Waals surface area contributed by atoms with Crippen LogP contribution in [-0.4, -0.2) is 46.9 Å². The van der Waals surface area contributed by atoms with Crippen molar-refractivity contribution in [3.05, 3.63) is 11.4 Å². The lowest BCUT2D eigenvalue weighted by Crippen LogP contribution is -2.37. The van der Waals surface area contributed by atoms with Crippen LogP contribution in [0.4, 0.5) is 5.69 Å². The fourth-order valence-corrected chi connectivity index (χ4v) is 2.90. The Morgan fingerprint density at radius 3 is 2.90 bits per heavy atom. The highest BCUT2D eigenvalue weighted by Crippen LogP contribution is 2.20. The molecular weight excluding hydrogens is 268 g/mol. The first kappa shape index (κ1) is 15.8. The van der Waals surface area contributed by atoms with Crippen LogP contribution < -0.4 is 5.73 Å². The van der Waals surface area contributed by atoms with E-state index in [1.54, 1.807) is 11.6 Å². The van der Waals surface area contributed by atoms with Crippen molar-refractivity contribution >= 4 is 11.7 Å². The van der Waals surface area contributed by atoms with E-state index in [9.17, 15) is 4.79 Å². The van der Waals surface area contributed by atoms with Gasteiger partial charge in [0.25, 0.3) is 0 Å². The van der Waals surface area contributed by atoms with Gasteiger partial charge in [0, 0.05) is 12.6 Å². The summed E-state index contributed by atoms with van der Waals surface area (Å²) in [6.45, 7) is 5.90. The van der Waals surface area contributed by atoms with Gasteiger partial charge < -0.3 is 15.4 Å². The van der Waals surface area contributed by atoms with E-state index in [0.717, 1.165) is 13.0 Å². The van der Waals surface area contributed by atoms with Gasteiger partial charge in [0.05, 0.1) is 18.0 Å². The number of hydrogen-bond donors (Lipinski definition) is 1. The highest BCUT2D eigenvalue weighted by molar-refractivity contribution is 5.93. The number of esters is 1. The van der Waals surface area contributed by atoms with Crippen LogP contribution in [0.1, 0.15) is 48.8 Å². The van der Waals surface area contributed by atoms with Gasteiger partial charge in [0.15, 0.2) is 5.69 Å². The van der Waals surface area contributed by atoms with E-state index in [4.69, 9.17) is 10.5 Å². The van der Waals surface area contributed by atoms with E-state index in [1.165, 1.54) is 19.3 Å². The summed E-state index contributed by atoms with van der Waals surface area (Å²) in [4.78, 5) is 14.6.